The minimum atomic E-state index is -2.70. The maximum atomic E-state index is 12.4. The van der Waals surface area contributed by atoms with Crippen LogP contribution in [-0.2, 0) is 11.2 Å². The van der Waals surface area contributed by atoms with Crippen LogP contribution in [0.2, 0.25) is 0 Å². The number of hydrogen-bond acceptors (Lipinski definition) is 2. The van der Waals surface area contributed by atoms with Crippen LogP contribution in [-0.4, -0.2) is 16.1 Å². The number of carboxylic acids is 1. The molecule has 3 nitrogen and oxygen atoms in total. The Morgan fingerprint density at radius 1 is 1.67 bits per heavy atom. The fourth-order valence-electron chi connectivity index (χ4n) is 0.972. The van der Waals surface area contributed by atoms with E-state index < -0.39 is 18.1 Å². The summed E-state index contributed by atoms with van der Waals surface area (Å²) in [7, 11) is 0. The van der Waals surface area contributed by atoms with Crippen LogP contribution in [0.1, 0.15) is 17.7 Å². The molecule has 0 radical (unpaired) electrons. The molecule has 0 saturated heterocycles. The molecule has 0 fully saturated rings. The highest BCUT2D eigenvalue weighted by Gasteiger charge is 2.16. The molecule has 82 valence electrons. The Bertz CT molecular complexity index is 400. The molecule has 1 aromatic heterocycles. The molecule has 0 atom stereocenters. The summed E-state index contributed by atoms with van der Waals surface area (Å²) < 4.78 is 25.5. The van der Waals surface area contributed by atoms with Gasteiger partial charge in [-0.05, 0) is 50.2 Å². The number of carboxylic acid groups (broad SMARTS) is 1. The van der Waals surface area contributed by atoms with Gasteiger partial charge in [0.2, 0.25) is 0 Å². The van der Waals surface area contributed by atoms with Gasteiger partial charge in [0.25, 0.3) is 6.43 Å². The summed E-state index contributed by atoms with van der Waals surface area (Å²) >= 11 is 4.89. The maximum absolute atomic E-state index is 12.4. The fourth-order valence-corrected chi connectivity index (χ4v) is 1.94. The zero-order chi connectivity index (χ0) is 11.6. The van der Waals surface area contributed by atoms with E-state index in [4.69, 9.17) is 5.11 Å². The minimum absolute atomic E-state index is 0.303. The van der Waals surface area contributed by atoms with Crippen LogP contribution in [0.5, 0.6) is 0 Å². The van der Waals surface area contributed by atoms with E-state index in [9.17, 15) is 13.6 Å². The Morgan fingerprint density at radius 2 is 2.27 bits per heavy atom. The summed E-state index contributed by atoms with van der Waals surface area (Å²) in [5.74, 6) is -1.07. The van der Waals surface area contributed by atoms with Crippen molar-refractivity contribution in [1.82, 2.24) is 4.98 Å². The monoisotopic (exact) mass is 391 g/mol. The number of carbonyl (C=O) groups is 1. The molecular weight excluding hydrogens is 387 g/mol. The lowest BCUT2D eigenvalue weighted by Gasteiger charge is -2.06. The van der Waals surface area contributed by atoms with Crippen molar-refractivity contribution in [3.63, 3.8) is 0 Å². The Balaban J connectivity index is 3.18. The highest BCUT2D eigenvalue weighted by atomic mass is 127. The number of halogens is 4. The van der Waals surface area contributed by atoms with Crippen LogP contribution >= 0.6 is 38.5 Å². The first kappa shape index (κ1) is 12.8. The summed E-state index contributed by atoms with van der Waals surface area (Å²) in [6.07, 6.45) is -3.00. The largest absolute Gasteiger partial charge is 0.481 e. The van der Waals surface area contributed by atoms with Gasteiger partial charge < -0.3 is 5.11 Å². The number of nitrogens with zero attached hydrogens (tertiary/aromatic N) is 1. The summed E-state index contributed by atoms with van der Waals surface area (Å²) in [5, 5.41) is 8.58. The molecule has 1 heterocycles. The molecule has 0 saturated carbocycles. The van der Waals surface area contributed by atoms with Crippen molar-refractivity contribution in [3.05, 3.63) is 25.5 Å². The molecule has 0 spiro atoms. The summed E-state index contributed by atoms with van der Waals surface area (Å²) in [4.78, 5) is 14.1. The quantitative estimate of drug-likeness (QED) is 0.636. The Kier molecular flexibility index (Phi) is 4.38. The van der Waals surface area contributed by atoms with E-state index in [0.29, 0.717) is 13.7 Å². The van der Waals surface area contributed by atoms with Crippen molar-refractivity contribution < 1.29 is 18.7 Å². The molecule has 1 rings (SSSR count). The third-order valence-corrected chi connectivity index (χ3v) is 3.98. The lowest BCUT2D eigenvalue weighted by atomic mass is 10.2. The number of aromatic nitrogens is 1. The molecule has 0 bridgehead atoms. The first-order valence-corrected chi connectivity index (χ1v) is 5.63. The standard InChI is InChI=1S/C8H5BrF2INO2/c9-6-3(2-5(14)15)1-4(7(10)11)13-8(6)12/h1,7H,2H2,(H,14,15). The van der Waals surface area contributed by atoms with Crippen LogP contribution in [0.3, 0.4) is 0 Å². The highest BCUT2D eigenvalue weighted by Crippen LogP contribution is 2.27. The van der Waals surface area contributed by atoms with E-state index in [2.05, 4.69) is 20.9 Å². The lowest BCUT2D eigenvalue weighted by Crippen LogP contribution is -2.05. The first-order chi connectivity index (χ1) is 6.91. The van der Waals surface area contributed by atoms with Crippen molar-refractivity contribution in [3.8, 4) is 0 Å². The van der Waals surface area contributed by atoms with Gasteiger partial charge >= 0.3 is 5.97 Å². The van der Waals surface area contributed by atoms with Crippen LogP contribution in [0.15, 0.2) is 10.5 Å². The van der Waals surface area contributed by atoms with Gasteiger partial charge in [-0.15, -0.1) is 0 Å². The smallest absolute Gasteiger partial charge is 0.307 e. The topological polar surface area (TPSA) is 50.2 Å². The Labute approximate surface area is 106 Å². The van der Waals surface area contributed by atoms with Crippen LogP contribution < -0.4 is 0 Å². The number of pyridine rings is 1. The normalized spacial score (nSPS) is 10.7. The van der Waals surface area contributed by atoms with E-state index in [1.165, 1.54) is 0 Å². The highest BCUT2D eigenvalue weighted by molar-refractivity contribution is 14.1. The molecular formula is C8H5BrF2INO2. The maximum Gasteiger partial charge on any atom is 0.307 e. The van der Waals surface area contributed by atoms with E-state index in [1.807, 2.05) is 0 Å². The third kappa shape index (κ3) is 3.33. The van der Waals surface area contributed by atoms with Gasteiger partial charge in [-0.2, -0.15) is 0 Å². The number of hydrogen-bond donors (Lipinski definition) is 1. The summed E-state index contributed by atoms with van der Waals surface area (Å²) in [6.45, 7) is 0. The molecule has 0 aromatic carbocycles. The zero-order valence-electron chi connectivity index (χ0n) is 7.18. The summed E-state index contributed by atoms with van der Waals surface area (Å²) in [6, 6.07) is 1.10. The Hall–Kier alpha value is -0.310. The second kappa shape index (κ2) is 5.15. The van der Waals surface area contributed by atoms with Gasteiger partial charge in [0.1, 0.15) is 9.39 Å². The molecule has 0 aliphatic rings. The second-order valence-electron chi connectivity index (χ2n) is 2.68. The third-order valence-electron chi connectivity index (χ3n) is 1.58. The van der Waals surface area contributed by atoms with Gasteiger partial charge in [0.05, 0.1) is 10.9 Å². The molecule has 1 aromatic rings. The van der Waals surface area contributed by atoms with Gasteiger partial charge in [0, 0.05) is 0 Å². The number of rotatable bonds is 3. The van der Waals surface area contributed by atoms with E-state index >= 15 is 0 Å². The van der Waals surface area contributed by atoms with E-state index in [0.717, 1.165) is 6.07 Å². The average molecular weight is 392 g/mol. The fraction of sp³-hybridized carbons (Fsp3) is 0.250. The molecule has 0 unspecified atom stereocenters. The minimum Gasteiger partial charge on any atom is -0.481 e. The van der Waals surface area contributed by atoms with Crippen LogP contribution in [0.4, 0.5) is 8.78 Å². The molecule has 0 amide bonds. The second-order valence-corrected chi connectivity index (χ2v) is 4.50. The molecule has 0 aliphatic carbocycles. The molecule has 7 heteroatoms. The van der Waals surface area contributed by atoms with Crippen molar-refractivity contribution in [2.24, 2.45) is 0 Å². The Morgan fingerprint density at radius 3 is 2.73 bits per heavy atom. The van der Waals surface area contributed by atoms with Crippen LogP contribution in [0, 0.1) is 3.70 Å². The molecule has 0 aliphatic heterocycles. The average Bonchev–Trinajstić information content (AvgIpc) is 2.11. The summed E-state index contributed by atoms with van der Waals surface area (Å²) in [5.41, 5.74) is -0.101. The van der Waals surface area contributed by atoms with Crippen molar-refractivity contribution in [1.29, 1.82) is 0 Å². The van der Waals surface area contributed by atoms with E-state index in [1.54, 1.807) is 22.6 Å². The number of alkyl halides is 2. The van der Waals surface area contributed by atoms with Gasteiger partial charge in [-0.3, -0.25) is 4.79 Å². The van der Waals surface area contributed by atoms with Gasteiger partial charge in [0.15, 0.2) is 0 Å². The first-order valence-electron chi connectivity index (χ1n) is 3.76. The SMILES string of the molecule is O=C(O)Cc1cc(C(F)F)nc(I)c1Br. The number of aliphatic carboxylic acids is 1. The van der Waals surface area contributed by atoms with Crippen LogP contribution in [0.25, 0.3) is 0 Å². The zero-order valence-corrected chi connectivity index (χ0v) is 10.9. The van der Waals surface area contributed by atoms with Gasteiger partial charge in [-0.25, -0.2) is 13.8 Å². The van der Waals surface area contributed by atoms with Crippen molar-refractivity contribution >= 4 is 44.5 Å². The lowest BCUT2D eigenvalue weighted by molar-refractivity contribution is -0.136. The molecule has 15 heavy (non-hydrogen) atoms. The predicted molar refractivity (Wildman–Crippen MR) is 61.0 cm³/mol. The van der Waals surface area contributed by atoms with Crippen molar-refractivity contribution in [2.45, 2.75) is 12.8 Å². The van der Waals surface area contributed by atoms with E-state index in [-0.39, 0.29) is 6.42 Å². The predicted octanol–water partition coefficient (Wildman–Crippen LogP) is 3.01. The molecule has 1 N–H and O–H groups in total. The van der Waals surface area contributed by atoms with Crippen molar-refractivity contribution in [2.75, 3.05) is 0 Å². The van der Waals surface area contributed by atoms with Gasteiger partial charge in [-0.1, -0.05) is 0 Å².